The Morgan fingerprint density at radius 2 is 1.80 bits per heavy atom. The van der Waals surface area contributed by atoms with Crippen molar-refractivity contribution < 1.29 is 14.3 Å². The Balaban J connectivity index is 1.47. The third-order valence-electron chi connectivity index (χ3n) is 5.10. The number of aliphatic hydroxyl groups excluding tert-OH is 1. The maximum atomic E-state index is 13.0. The zero-order valence-electron chi connectivity index (χ0n) is 14.7. The van der Waals surface area contributed by atoms with Crippen LogP contribution >= 0.6 is 0 Å². The number of β-amino-alcohol motifs (C(OH)–C–C–N with tert-alkyl or cyclic N) is 1. The summed E-state index contributed by atoms with van der Waals surface area (Å²) in [6, 6.07) is 6.64. The highest BCUT2D eigenvalue weighted by atomic mass is 19.1. The molecule has 138 valence electrons. The molecule has 2 heterocycles. The third-order valence-corrected chi connectivity index (χ3v) is 5.10. The average molecular weight is 349 g/mol. The SMILES string of the molecule is O=C(CN1CCC[C@@H](O)C1)N1CCCN(Cc2ccc(F)cc2)CC1. The summed E-state index contributed by atoms with van der Waals surface area (Å²) in [6.07, 6.45) is 2.46. The van der Waals surface area contributed by atoms with Crippen LogP contribution < -0.4 is 0 Å². The largest absolute Gasteiger partial charge is 0.392 e. The number of likely N-dealkylation sites (tertiary alicyclic amines) is 1. The molecule has 1 amide bonds. The summed E-state index contributed by atoms with van der Waals surface area (Å²) in [7, 11) is 0. The molecule has 0 saturated carbocycles. The summed E-state index contributed by atoms with van der Waals surface area (Å²) in [5, 5.41) is 9.74. The first-order valence-corrected chi connectivity index (χ1v) is 9.25. The van der Waals surface area contributed by atoms with Crippen molar-refractivity contribution >= 4 is 5.91 Å². The molecule has 2 saturated heterocycles. The fraction of sp³-hybridized carbons (Fsp3) is 0.632. The number of hydrogen-bond acceptors (Lipinski definition) is 4. The van der Waals surface area contributed by atoms with Crippen molar-refractivity contribution in [3.63, 3.8) is 0 Å². The number of amides is 1. The van der Waals surface area contributed by atoms with Crippen LogP contribution in [0.5, 0.6) is 0 Å². The van der Waals surface area contributed by atoms with E-state index >= 15 is 0 Å². The van der Waals surface area contributed by atoms with Gasteiger partial charge in [0.1, 0.15) is 5.82 Å². The molecule has 2 aliphatic heterocycles. The number of nitrogens with zero attached hydrogens (tertiary/aromatic N) is 3. The Hall–Kier alpha value is -1.50. The van der Waals surface area contributed by atoms with Crippen molar-refractivity contribution in [1.29, 1.82) is 0 Å². The van der Waals surface area contributed by atoms with Gasteiger partial charge in [-0.25, -0.2) is 4.39 Å². The first-order valence-electron chi connectivity index (χ1n) is 9.25. The molecule has 2 aliphatic rings. The summed E-state index contributed by atoms with van der Waals surface area (Å²) >= 11 is 0. The van der Waals surface area contributed by atoms with E-state index in [1.807, 2.05) is 17.0 Å². The molecule has 5 nitrogen and oxygen atoms in total. The molecule has 1 aromatic carbocycles. The van der Waals surface area contributed by atoms with Crippen LogP contribution in [-0.2, 0) is 11.3 Å². The van der Waals surface area contributed by atoms with Gasteiger partial charge in [0.2, 0.25) is 5.91 Å². The van der Waals surface area contributed by atoms with Crippen molar-refractivity contribution in [2.75, 3.05) is 45.8 Å². The zero-order chi connectivity index (χ0) is 17.6. The number of carbonyl (C=O) groups excluding carboxylic acids is 1. The molecule has 25 heavy (non-hydrogen) atoms. The van der Waals surface area contributed by atoms with Gasteiger partial charge in [-0.3, -0.25) is 14.6 Å². The van der Waals surface area contributed by atoms with Crippen molar-refractivity contribution in [3.8, 4) is 0 Å². The molecule has 6 heteroatoms. The van der Waals surface area contributed by atoms with Gasteiger partial charge in [-0.2, -0.15) is 0 Å². The first kappa shape index (κ1) is 18.3. The topological polar surface area (TPSA) is 47.0 Å². The standard InChI is InChI=1S/C19H28FN3O2/c20-17-6-4-16(5-7-17)13-21-9-2-10-23(12-11-21)19(25)15-22-8-1-3-18(24)14-22/h4-7,18,24H,1-3,8-15H2/t18-/m1/s1. The molecule has 2 fully saturated rings. The fourth-order valence-electron chi connectivity index (χ4n) is 3.69. The molecule has 0 bridgehead atoms. The number of aliphatic hydroxyl groups is 1. The van der Waals surface area contributed by atoms with E-state index in [4.69, 9.17) is 0 Å². The third kappa shape index (κ3) is 5.49. The Morgan fingerprint density at radius 1 is 1.04 bits per heavy atom. The second-order valence-corrected chi connectivity index (χ2v) is 7.17. The number of benzene rings is 1. The predicted octanol–water partition coefficient (Wildman–Crippen LogP) is 1.32. The second kappa shape index (κ2) is 8.74. The van der Waals surface area contributed by atoms with E-state index < -0.39 is 0 Å². The zero-order valence-corrected chi connectivity index (χ0v) is 14.7. The first-order chi connectivity index (χ1) is 12.1. The van der Waals surface area contributed by atoms with Crippen molar-refractivity contribution in [3.05, 3.63) is 35.6 Å². The van der Waals surface area contributed by atoms with Crippen molar-refractivity contribution in [1.82, 2.24) is 14.7 Å². The second-order valence-electron chi connectivity index (χ2n) is 7.17. The molecule has 0 aliphatic carbocycles. The van der Waals surface area contributed by atoms with Gasteiger partial charge < -0.3 is 10.0 Å². The van der Waals surface area contributed by atoms with Crippen LogP contribution in [0.1, 0.15) is 24.8 Å². The lowest BCUT2D eigenvalue weighted by atomic mass is 10.1. The van der Waals surface area contributed by atoms with Gasteiger partial charge in [0.05, 0.1) is 12.6 Å². The summed E-state index contributed by atoms with van der Waals surface area (Å²) in [4.78, 5) is 18.9. The molecule has 1 atom stereocenters. The van der Waals surface area contributed by atoms with E-state index in [0.717, 1.165) is 64.1 Å². The van der Waals surface area contributed by atoms with Crippen LogP contribution in [0.15, 0.2) is 24.3 Å². The molecule has 0 radical (unpaired) electrons. The average Bonchev–Trinajstić information content (AvgIpc) is 2.83. The van der Waals surface area contributed by atoms with Crippen LogP contribution in [0.25, 0.3) is 0 Å². The normalized spacial score (nSPS) is 23.4. The smallest absolute Gasteiger partial charge is 0.236 e. The van der Waals surface area contributed by atoms with Crippen molar-refractivity contribution in [2.24, 2.45) is 0 Å². The van der Waals surface area contributed by atoms with Crippen molar-refractivity contribution in [2.45, 2.75) is 31.9 Å². The lowest BCUT2D eigenvalue weighted by molar-refractivity contribution is -0.133. The lowest BCUT2D eigenvalue weighted by Gasteiger charge is -2.31. The minimum Gasteiger partial charge on any atom is -0.392 e. The molecular formula is C19H28FN3O2. The molecule has 1 aromatic rings. The number of rotatable bonds is 4. The van der Waals surface area contributed by atoms with Crippen LogP contribution in [0.3, 0.4) is 0 Å². The van der Waals surface area contributed by atoms with E-state index in [1.54, 1.807) is 0 Å². The monoisotopic (exact) mass is 349 g/mol. The molecule has 3 rings (SSSR count). The van der Waals surface area contributed by atoms with E-state index in [-0.39, 0.29) is 17.8 Å². The number of halogens is 1. The summed E-state index contributed by atoms with van der Waals surface area (Å²) < 4.78 is 13.0. The Morgan fingerprint density at radius 3 is 2.56 bits per heavy atom. The highest BCUT2D eigenvalue weighted by Gasteiger charge is 2.24. The van der Waals surface area contributed by atoms with Gasteiger partial charge in [0, 0.05) is 39.3 Å². The van der Waals surface area contributed by atoms with Gasteiger partial charge in [-0.05, 0) is 43.5 Å². The van der Waals surface area contributed by atoms with Gasteiger partial charge in [-0.1, -0.05) is 12.1 Å². The van der Waals surface area contributed by atoms with Crippen LogP contribution in [0, 0.1) is 5.82 Å². The van der Waals surface area contributed by atoms with Crippen LogP contribution in [0.2, 0.25) is 0 Å². The highest BCUT2D eigenvalue weighted by Crippen LogP contribution is 2.12. The Labute approximate surface area is 149 Å². The van der Waals surface area contributed by atoms with E-state index in [2.05, 4.69) is 9.80 Å². The van der Waals surface area contributed by atoms with E-state index in [9.17, 15) is 14.3 Å². The number of piperidine rings is 1. The summed E-state index contributed by atoms with van der Waals surface area (Å²) in [5.74, 6) is -0.0445. The Kier molecular flexibility index (Phi) is 6.39. The lowest BCUT2D eigenvalue weighted by Crippen LogP contribution is -2.46. The summed E-state index contributed by atoms with van der Waals surface area (Å²) in [5.41, 5.74) is 1.10. The van der Waals surface area contributed by atoms with Crippen LogP contribution in [-0.4, -0.2) is 77.6 Å². The van der Waals surface area contributed by atoms with Crippen LogP contribution in [0.4, 0.5) is 4.39 Å². The van der Waals surface area contributed by atoms with Gasteiger partial charge in [0.15, 0.2) is 0 Å². The van der Waals surface area contributed by atoms with Gasteiger partial charge in [0.25, 0.3) is 0 Å². The maximum Gasteiger partial charge on any atom is 0.236 e. The number of hydrogen-bond donors (Lipinski definition) is 1. The molecule has 1 N–H and O–H groups in total. The fourth-order valence-corrected chi connectivity index (χ4v) is 3.69. The Bertz CT molecular complexity index is 566. The van der Waals surface area contributed by atoms with E-state index in [0.29, 0.717) is 13.1 Å². The van der Waals surface area contributed by atoms with Gasteiger partial charge in [-0.15, -0.1) is 0 Å². The van der Waals surface area contributed by atoms with Gasteiger partial charge >= 0.3 is 0 Å². The summed E-state index contributed by atoms with van der Waals surface area (Å²) in [6.45, 7) is 6.01. The quantitative estimate of drug-likeness (QED) is 0.891. The van der Waals surface area contributed by atoms with E-state index in [1.165, 1.54) is 12.1 Å². The highest BCUT2D eigenvalue weighted by molar-refractivity contribution is 5.78. The molecule has 0 aromatic heterocycles. The molecule has 0 spiro atoms. The number of carbonyl (C=O) groups is 1. The maximum absolute atomic E-state index is 13.0. The predicted molar refractivity (Wildman–Crippen MR) is 94.6 cm³/mol. The minimum atomic E-state index is -0.295. The minimum absolute atomic E-state index is 0.165. The molecular weight excluding hydrogens is 321 g/mol. The molecule has 0 unspecified atom stereocenters.